The molecule has 122 valence electrons. The highest BCUT2D eigenvalue weighted by atomic mass is 79.9. The lowest BCUT2D eigenvalue weighted by Gasteiger charge is -2.09. The second kappa shape index (κ2) is 8.73. The van der Waals surface area contributed by atoms with Gasteiger partial charge in [0.1, 0.15) is 5.75 Å². The Balaban J connectivity index is 1.70. The summed E-state index contributed by atoms with van der Waals surface area (Å²) in [6, 6.07) is 15.7. The molecule has 23 heavy (non-hydrogen) atoms. The number of ether oxygens (including phenoxy) is 1. The van der Waals surface area contributed by atoms with Gasteiger partial charge in [-0.15, -0.1) is 0 Å². The van der Waals surface area contributed by atoms with E-state index in [9.17, 15) is 4.79 Å². The van der Waals surface area contributed by atoms with Crippen LogP contribution in [-0.2, 0) is 4.79 Å². The number of carbonyl (C=O) groups excluding carboxylic acids is 1. The number of hydrogen-bond acceptors (Lipinski definition) is 2. The Labute approximate surface area is 146 Å². The SMILES string of the molecule is CC(C)c1ccc(NC(=O)CCCOc2cccc(Br)c2)cc1. The number of amides is 1. The molecule has 3 nitrogen and oxygen atoms in total. The number of hydrogen-bond donors (Lipinski definition) is 1. The van der Waals surface area contributed by atoms with Crippen molar-refractivity contribution in [1.82, 2.24) is 0 Å². The zero-order valence-corrected chi connectivity index (χ0v) is 15.1. The molecule has 0 aliphatic rings. The summed E-state index contributed by atoms with van der Waals surface area (Å²) in [5, 5.41) is 2.91. The molecule has 0 aliphatic carbocycles. The summed E-state index contributed by atoms with van der Waals surface area (Å²) in [7, 11) is 0. The van der Waals surface area contributed by atoms with Gasteiger partial charge >= 0.3 is 0 Å². The Morgan fingerprint density at radius 3 is 2.57 bits per heavy atom. The fourth-order valence-corrected chi connectivity index (χ4v) is 2.53. The first-order chi connectivity index (χ1) is 11.0. The number of anilines is 1. The molecule has 2 rings (SSSR count). The maximum atomic E-state index is 11.9. The first-order valence-corrected chi connectivity index (χ1v) is 8.62. The van der Waals surface area contributed by atoms with Gasteiger partial charge in [-0.2, -0.15) is 0 Å². The molecule has 1 amide bonds. The molecule has 0 aromatic heterocycles. The summed E-state index contributed by atoms with van der Waals surface area (Å²) in [6.07, 6.45) is 1.13. The Morgan fingerprint density at radius 1 is 1.17 bits per heavy atom. The topological polar surface area (TPSA) is 38.3 Å². The second-order valence-electron chi connectivity index (χ2n) is 5.73. The monoisotopic (exact) mass is 375 g/mol. The van der Waals surface area contributed by atoms with E-state index in [0.29, 0.717) is 25.4 Å². The fourth-order valence-electron chi connectivity index (χ4n) is 2.15. The molecule has 2 aromatic carbocycles. The number of halogens is 1. The third kappa shape index (κ3) is 6.06. The highest BCUT2D eigenvalue weighted by Gasteiger charge is 2.04. The third-order valence-electron chi connectivity index (χ3n) is 3.47. The van der Waals surface area contributed by atoms with E-state index in [4.69, 9.17) is 4.74 Å². The average Bonchev–Trinajstić information content (AvgIpc) is 2.52. The van der Waals surface area contributed by atoms with Gasteiger partial charge in [0.2, 0.25) is 5.91 Å². The predicted octanol–water partition coefficient (Wildman–Crippen LogP) is 5.37. The first kappa shape index (κ1) is 17.5. The Bertz CT molecular complexity index is 638. The highest BCUT2D eigenvalue weighted by molar-refractivity contribution is 9.10. The Morgan fingerprint density at radius 2 is 1.91 bits per heavy atom. The van der Waals surface area contributed by atoms with E-state index in [1.165, 1.54) is 5.56 Å². The van der Waals surface area contributed by atoms with Crippen molar-refractivity contribution in [2.24, 2.45) is 0 Å². The van der Waals surface area contributed by atoms with E-state index >= 15 is 0 Å². The summed E-state index contributed by atoms with van der Waals surface area (Å²) in [5.41, 5.74) is 2.11. The lowest BCUT2D eigenvalue weighted by molar-refractivity contribution is -0.116. The molecule has 0 bridgehead atoms. The lowest BCUT2D eigenvalue weighted by Crippen LogP contribution is -2.12. The van der Waals surface area contributed by atoms with Crippen LogP contribution in [-0.4, -0.2) is 12.5 Å². The maximum absolute atomic E-state index is 11.9. The smallest absolute Gasteiger partial charge is 0.224 e. The molecule has 0 saturated heterocycles. The van der Waals surface area contributed by atoms with Crippen molar-refractivity contribution in [3.63, 3.8) is 0 Å². The molecule has 4 heteroatoms. The van der Waals surface area contributed by atoms with Gasteiger partial charge in [0.25, 0.3) is 0 Å². The van der Waals surface area contributed by atoms with Crippen molar-refractivity contribution >= 4 is 27.5 Å². The molecule has 0 spiro atoms. The normalized spacial score (nSPS) is 10.6. The van der Waals surface area contributed by atoms with Crippen LogP contribution in [0, 0.1) is 0 Å². The van der Waals surface area contributed by atoms with Gasteiger partial charge in [-0.1, -0.05) is 48.0 Å². The van der Waals surface area contributed by atoms with Crippen LogP contribution in [0.15, 0.2) is 53.0 Å². The summed E-state index contributed by atoms with van der Waals surface area (Å²) >= 11 is 3.40. The Kier molecular flexibility index (Phi) is 6.66. The van der Waals surface area contributed by atoms with Gasteiger partial charge in [-0.05, 0) is 48.2 Å². The third-order valence-corrected chi connectivity index (χ3v) is 3.97. The maximum Gasteiger partial charge on any atom is 0.224 e. The van der Waals surface area contributed by atoms with E-state index < -0.39 is 0 Å². The van der Waals surface area contributed by atoms with E-state index in [-0.39, 0.29) is 5.91 Å². The molecular weight excluding hydrogens is 354 g/mol. The van der Waals surface area contributed by atoms with Crippen molar-refractivity contribution < 1.29 is 9.53 Å². The van der Waals surface area contributed by atoms with E-state index in [0.717, 1.165) is 15.9 Å². The van der Waals surface area contributed by atoms with Crippen molar-refractivity contribution in [1.29, 1.82) is 0 Å². The van der Waals surface area contributed by atoms with Gasteiger partial charge in [0.05, 0.1) is 6.61 Å². The zero-order chi connectivity index (χ0) is 16.7. The lowest BCUT2D eigenvalue weighted by atomic mass is 10.0. The van der Waals surface area contributed by atoms with Gasteiger partial charge in [0.15, 0.2) is 0 Å². The quantitative estimate of drug-likeness (QED) is 0.660. The molecule has 0 atom stereocenters. The van der Waals surface area contributed by atoms with Crippen LogP contribution in [0.4, 0.5) is 5.69 Å². The van der Waals surface area contributed by atoms with Crippen LogP contribution in [0.1, 0.15) is 38.2 Å². The molecule has 0 aliphatic heterocycles. The minimum absolute atomic E-state index is 0.0140. The van der Waals surface area contributed by atoms with Gasteiger partial charge in [-0.25, -0.2) is 0 Å². The molecular formula is C19H22BrNO2. The van der Waals surface area contributed by atoms with Crippen LogP contribution < -0.4 is 10.1 Å². The van der Waals surface area contributed by atoms with Crippen molar-refractivity contribution in [3.8, 4) is 5.75 Å². The van der Waals surface area contributed by atoms with Gasteiger partial charge in [-0.3, -0.25) is 4.79 Å². The number of carbonyl (C=O) groups is 1. The average molecular weight is 376 g/mol. The summed E-state index contributed by atoms with van der Waals surface area (Å²) < 4.78 is 6.60. The molecule has 0 unspecified atom stereocenters. The highest BCUT2D eigenvalue weighted by Crippen LogP contribution is 2.19. The van der Waals surface area contributed by atoms with Gasteiger partial charge < -0.3 is 10.1 Å². The number of rotatable bonds is 7. The van der Waals surface area contributed by atoms with Crippen LogP contribution in [0.5, 0.6) is 5.75 Å². The predicted molar refractivity (Wildman–Crippen MR) is 98.0 cm³/mol. The zero-order valence-electron chi connectivity index (χ0n) is 13.5. The van der Waals surface area contributed by atoms with Crippen molar-refractivity contribution in [2.45, 2.75) is 32.6 Å². The van der Waals surface area contributed by atoms with Gasteiger partial charge in [0, 0.05) is 16.6 Å². The summed E-state index contributed by atoms with van der Waals surface area (Å²) in [6.45, 7) is 4.83. The van der Waals surface area contributed by atoms with E-state index in [1.807, 2.05) is 36.4 Å². The molecule has 0 saturated carbocycles. The summed E-state index contributed by atoms with van der Waals surface area (Å²) in [5.74, 6) is 1.32. The first-order valence-electron chi connectivity index (χ1n) is 7.83. The summed E-state index contributed by atoms with van der Waals surface area (Å²) in [4.78, 5) is 11.9. The number of nitrogens with one attached hydrogen (secondary N) is 1. The van der Waals surface area contributed by atoms with Crippen molar-refractivity contribution in [2.75, 3.05) is 11.9 Å². The standard InChI is InChI=1S/C19H22BrNO2/c1-14(2)15-8-10-17(11-9-15)21-19(22)7-4-12-23-18-6-3-5-16(20)13-18/h3,5-6,8-11,13-14H,4,7,12H2,1-2H3,(H,21,22). The molecule has 0 fully saturated rings. The number of benzene rings is 2. The second-order valence-corrected chi connectivity index (χ2v) is 6.65. The molecule has 0 radical (unpaired) electrons. The Hall–Kier alpha value is -1.81. The molecule has 0 heterocycles. The minimum Gasteiger partial charge on any atom is -0.494 e. The largest absolute Gasteiger partial charge is 0.494 e. The van der Waals surface area contributed by atoms with Crippen LogP contribution in [0.2, 0.25) is 0 Å². The van der Waals surface area contributed by atoms with Crippen LogP contribution in [0.3, 0.4) is 0 Å². The van der Waals surface area contributed by atoms with Crippen LogP contribution >= 0.6 is 15.9 Å². The fraction of sp³-hybridized carbons (Fsp3) is 0.316. The molecule has 2 aromatic rings. The minimum atomic E-state index is 0.0140. The molecule has 1 N–H and O–H groups in total. The van der Waals surface area contributed by atoms with E-state index in [2.05, 4.69) is 47.2 Å². The van der Waals surface area contributed by atoms with Crippen molar-refractivity contribution in [3.05, 3.63) is 58.6 Å². The van der Waals surface area contributed by atoms with Crippen LogP contribution in [0.25, 0.3) is 0 Å². The van der Waals surface area contributed by atoms with E-state index in [1.54, 1.807) is 0 Å².